The van der Waals surface area contributed by atoms with Gasteiger partial charge in [-0.1, -0.05) is 12.1 Å². The Bertz CT molecular complexity index is 856. The Labute approximate surface area is 152 Å². The number of hydrogen-bond acceptors (Lipinski definition) is 3. The van der Waals surface area contributed by atoms with Crippen molar-refractivity contribution in [2.75, 3.05) is 7.05 Å². The highest BCUT2D eigenvalue weighted by Crippen LogP contribution is 2.13. The van der Waals surface area contributed by atoms with Crippen LogP contribution in [0.15, 0.2) is 35.1 Å². The number of hydrogen-bond donors (Lipinski definition) is 4. The predicted molar refractivity (Wildman–Crippen MR) is 100 cm³/mol. The molecule has 1 heterocycles. The van der Waals surface area contributed by atoms with Crippen LogP contribution in [-0.2, 0) is 6.54 Å². The normalized spacial score (nSPS) is 11.5. The number of nitrogens with one attached hydrogen (secondary N) is 4. The molecule has 4 N–H and O–H groups in total. The highest BCUT2D eigenvalue weighted by Gasteiger charge is 2.11. The van der Waals surface area contributed by atoms with Crippen LogP contribution < -0.4 is 21.5 Å². The van der Waals surface area contributed by atoms with Gasteiger partial charge in [-0.2, -0.15) is 0 Å². The molecule has 0 aliphatic heterocycles. The van der Waals surface area contributed by atoms with Crippen LogP contribution in [-0.4, -0.2) is 24.0 Å². The molecular formula is C19H24N4O3. The quantitative estimate of drug-likeness (QED) is 0.658. The van der Waals surface area contributed by atoms with Crippen LogP contribution >= 0.6 is 0 Å². The molecule has 0 aliphatic rings. The second-order valence-corrected chi connectivity index (χ2v) is 6.19. The van der Waals surface area contributed by atoms with Crippen molar-refractivity contribution in [1.29, 1.82) is 0 Å². The zero-order valence-corrected chi connectivity index (χ0v) is 15.4. The first kappa shape index (κ1) is 19.2. The van der Waals surface area contributed by atoms with E-state index in [2.05, 4.69) is 20.9 Å². The van der Waals surface area contributed by atoms with Crippen molar-refractivity contribution in [3.05, 3.63) is 68.6 Å². The number of aromatic amines is 1. The van der Waals surface area contributed by atoms with Crippen molar-refractivity contribution < 1.29 is 9.59 Å². The molecule has 1 unspecified atom stereocenters. The molecule has 1 atom stereocenters. The highest BCUT2D eigenvalue weighted by atomic mass is 16.2. The molecule has 1 aromatic carbocycles. The summed E-state index contributed by atoms with van der Waals surface area (Å²) in [5.74, 6) is -0.261. The summed E-state index contributed by atoms with van der Waals surface area (Å²) in [6, 6.07) is 8.40. The first-order valence-corrected chi connectivity index (χ1v) is 8.37. The number of carbonyl (C=O) groups is 2. The van der Waals surface area contributed by atoms with E-state index >= 15 is 0 Å². The molecule has 0 fully saturated rings. The van der Waals surface area contributed by atoms with Gasteiger partial charge in [-0.05, 0) is 50.1 Å². The number of H-pyrrole nitrogens is 1. The van der Waals surface area contributed by atoms with Crippen LogP contribution in [0.25, 0.3) is 0 Å². The summed E-state index contributed by atoms with van der Waals surface area (Å²) < 4.78 is 0. The van der Waals surface area contributed by atoms with Crippen LogP contribution in [0.1, 0.15) is 45.7 Å². The summed E-state index contributed by atoms with van der Waals surface area (Å²) in [6.07, 6.45) is 0. The maximum atomic E-state index is 12.3. The zero-order valence-electron chi connectivity index (χ0n) is 15.4. The monoisotopic (exact) mass is 356 g/mol. The molecule has 3 amide bonds. The second-order valence-electron chi connectivity index (χ2n) is 6.19. The predicted octanol–water partition coefficient (Wildman–Crippen LogP) is 1.91. The number of amides is 3. The lowest BCUT2D eigenvalue weighted by molar-refractivity contribution is 0.0950. The topological polar surface area (TPSA) is 103 Å². The Hall–Kier alpha value is -3.09. The standard InChI is InChI=1S/C19H24N4O3/c1-11-9-12(2)22-18(25)16(11)10-21-17(24)15-7-5-14(6-8-15)13(3)23-19(26)20-4/h5-9,13H,10H2,1-4H3,(H,21,24)(H,22,25)(H2,20,23,26). The van der Waals surface area contributed by atoms with E-state index in [9.17, 15) is 14.4 Å². The Morgan fingerprint density at radius 1 is 1.15 bits per heavy atom. The Morgan fingerprint density at radius 3 is 2.38 bits per heavy atom. The van der Waals surface area contributed by atoms with Crippen molar-refractivity contribution in [3.8, 4) is 0 Å². The Balaban J connectivity index is 2.02. The number of pyridine rings is 1. The van der Waals surface area contributed by atoms with Crippen LogP contribution in [0, 0.1) is 13.8 Å². The third-order valence-corrected chi connectivity index (χ3v) is 4.17. The van der Waals surface area contributed by atoms with Crippen molar-refractivity contribution in [1.82, 2.24) is 20.9 Å². The molecular weight excluding hydrogens is 332 g/mol. The lowest BCUT2D eigenvalue weighted by Gasteiger charge is -2.14. The largest absolute Gasteiger partial charge is 0.348 e. The SMILES string of the molecule is CNC(=O)NC(C)c1ccc(C(=O)NCc2c(C)cc(C)[nH]c2=O)cc1. The summed E-state index contributed by atoms with van der Waals surface area (Å²) in [5.41, 5.74) is 3.36. The van der Waals surface area contributed by atoms with Gasteiger partial charge >= 0.3 is 6.03 Å². The fourth-order valence-electron chi connectivity index (χ4n) is 2.65. The van der Waals surface area contributed by atoms with Crippen LogP contribution in [0.4, 0.5) is 4.79 Å². The number of urea groups is 1. The van der Waals surface area contributed by atoms with E-state index < -0.39 is 0 Å². The molecule has 0 bridgehead atoms. The van der Waals surface area contributed by atoms with E-state index in [1.807, 2.05) is 26.8 Å². The first-order valence-electron chi connectivity index (χ1n) is 8.37. The van der Waals surface area contributed by atoms with Crippen molar-refractivity contribution >= 4 is 11.9 Å². The summed E-state index contributed by atoms with van der Waals surface area (Å²) in [6.45, 7) is 5.69. The lowest BCUT2D eigenvalue weighted by Crippen LogP contribution is -2.34. The molecule has 0 spiro atoms. The minimum absolute atomic E-state index is 0.163. The molecule has 0 aliphatic carbocycles. The van der Waals surface area contributed by atoms with Crippen molar-refractivity contribution in [2.24, 2.45) is 0 Å². The summed E-state index contributed by atoms with van der Waals surface area (Å²) in [5, 5.41) is 8.03. The lowest BCUT2D eigenvalue weighted by atomic mass is 10.1. The van der Waals surface area contributed by atoms with Gasteiger partial charge in [0, 0.05) is 30.4 Å². The summed E-state index contributed by atoms with van der Waals surface area (Å²) in [4.78, 5) is 38.4. The van der Waals surface area contributed by atoms with Gasteiger partial charge in [0.05, 0.1) is 6.04 Å². The minimum atomic E-state index is -0.266. The maximum absolute atomic E-state index is 12.3. The van der Waals surface area contributed by atoms with E-state index in [1.165, 1.54) is 0 Å². The fourth-order valence-corrected chi connectivity index (χ4v) is 2.65. The summed E-state index contributed by atoms with van der Waals surface area (Å²) >= 11 is 0. The van der Waals surface area contributed by atoms with E-state index in [-0.39, 0.29) is 30.1 Å². The van der Waals surface area contributed by atoms with Gasteiger partial charge in [-0.3, -0.25) is 9.59 Å². The van der Waals surface area contributed by atoms with E-state index in [1.54, 1.807) is 31.3 Å². The molecule has 2 rings (SSSR count). The molecule has 138 valence electrons. The fraction of sp³-hybridized carbons (Fsp3) is 0.316. The number of carbonyl (C=O) groups excluding carboxylic acids is 2. The van der Waals surface area contributed by atoms with Gasteiger partial charge in [-0.25, -0.2) is 4.79 Å². The molecule has 7 nitrogen and oxygen atoms in total. The highest BCUT2D eigenvalue weighted by molar-refractivity contribution is 5.94. The van der Waals surface area contributed by atoms with E-state index in [0.29, 0.717) is 11.1 Å². The minimum Gasteiger partial charge on any atom is -0.348 e. The molecule has 7 heteroatoms. The molecule has 2 aromatic rings. The molecule has 0 saturated heterocycles. The van der Waals surface area contributed by atoms with Crippen molar-refractivity contribution in [2.45, 2.75) is 33.4 Å². The van der Waals surface area contributed by atoms with Gasteiger partial charge in [0.1, 0.15) is 0 Å². The Kier molecular flexibility index (Phi) is 6.16. The third kappa shape index (κ3) is 4.72. The Morgan fingerprint density at radius 2 is 1.81 bits per heavy atom. The van der Waals surface area contributed by atoms with Crippen molar-refractivity contribution in [3.63, 3.8) is 0 Å². The molecule has 1 aromatic heterocycles. The first-order chi connectivity index (χ1) is 12.3. The molecule has 0 saturated carbocycles. The van der Waals surface area contributed by atoms with Crippen LogP contribution in [0.2, 0.25) is 0 Å². The smallest absolute Gasteiger partial charge is 0.315 e. The van der Waals surface area contributed by atoms with E-state index in [4.69, 9.17) is 0 Å². The van der Waals surface area contributed by atoms with Gasteiger partial charge in [0.15, 0.2) is 0 Å². The van der Waals surface area contributed by atoms with Gasteiger partial charge in [0.2, 0.25) is 0 Å². The van der Waals surface area contributed by atoms with Gasteiger partial charge in [-0.15, -0.1) is 0 Å². The number of aromatic nitrogens is 1. The van der Waals surface area contributed by atoms with Gasteiger partial charge < -0.3 is 20.9 Å². The molecule has 0 radical (unpaired) electrons. The second kappa shape index (κ2) is 8.33. The maximum Gasteiger partial charge on any atom is 0.315 e. The van der Waals surface area contributed by atoms with Crippen LogP contribution in [0.5, 0.6) is 0 Å². The zero-order chi connectivity index (χ0) is 19.3. The number of rotatable bonds is 5. The van der Waals surface area contributed by atoms with E-state index in [0.717, 1.165) is 16.8 Å². The molecule has 26 heavy (non-hydrogen) atoms. The average molecular weight is 356 g/mol. The average Bonchev–Trinajstić information content (AvgIpc) is 2.60. The number of benzene rings is 1. The number of aryl methyl sites for hydroxylation is 2. The summed E-state index contributed by atoms with van der Waals surface area (Å²) in [7, 11) is 1.55. The third-order valence-electron chi connectivity index (χ3n) is 4.17. The van der Waals surface area contributed by atoms with Gasteiger partial charge in [0.25, 0.3) is 11.5 Å². The van der Waals surface area contributed by atoms with Crippen LogP contribution in [0.3, 0.4) is 0 Å².